The number of likely N-dealkylation sites (tertiary alicyclic amines) is 1. The minimum absolute atomic E-state index is 0.0425. The predicted octanol–water partition coefficient (Wildman–Crippen LogP) is 2.35. The van der Waals surface area contributed by atoms with Crippen molar-refractivity contribution in [1.29, 1.82) is 0 Å². The topological polar surface area (TPSA) is 270 Å². The molecule has 2 unspecified atom stereocenters. The molecule has 0 radical (unpaired) electrons. The van der Waals surface area contributed by atoms with Crippen molar-refractivity contribution in [2.45, 2.75) is 209 Å². The van der Waals surface area contributed by atoms with Gasteiger partial charge >= 0.3 is 200 Å². The molecule has 103 heavy (non-hydrogen) atoms. The van der Waals surface area contributed by atoms with Crippen molar-refractivity contribution < 1.29 is 91.9 Å². The second-order valence-corrected chi connectivity index (χ2v) is 33.1. The minimum Gasteiger partial charge on any atom is -0.332 e. The molecular weight excluding hydrogens is 1470 g/mol. The average molecular weight is 1580 g/mol. The number of carbonyl (C=O) groups excluding carboxylic acids is 12. The van der Waals surface area contributed by atoms with Crippen molar-refractivity contribution in [2.24, 2.45) is 17.8 Å². The van der Waals surface area contributed by atoms with Gasteiger partial charge in [-0.2, -0.15) is 0 Å². The van der Waals surface area contributed by atoms with Crippen LogP contribution in [0.4, 0.5) is 13.2 Å². The third-order valence-electron chi connectivity index (χ3n) is 21.2. The number of hydrogen-bond acceptors (Lipinski definition) is 13. The molecule has 3 N–H and O–H groups in total. The first-order chi connectivity index (χ1) is 48.6. The van der Waals surface area contributed by atoms with E-state index in [-0.39, 0.29) is 93.0 Å². The Labute approximate surface area is 620 Å². The zero-order valence-corrected chi connectivity index (χ0v) is 65.0. The van der Waals surface area contributed by atoms with Crippen LogP contribution in [0, 0.1) is 17.8 Å². The van der Waals surface area contributed by atoms with Gasteiger partial charge in [0.2, 0.25) is 41.4 Å². The second kappa shape index (κ2) is 37.3. The number of fused-ring (bicyclic) bond motifs is 2. The first kappa shape index (κ1) is 83.3. The standard InChI is InChI=1S/C74H108ClF3IN12O12/c1-14-46(6)64-72(102)84(9)47(7)68(98)91-36-31-56(91)71(101)87(12)59(39-49-23-27-50(75)28-24-49)70(100)83(8)43-61(93)81-54(30-26-48-25-29-52(74(76,77)78)51(38-48)53-41-79-53)69(99)90-35-20-21-55(90)66(96)80-32-17-16-22-62(94)88(13)65(45(4)5)73(103)86(11)57(60(92)42-89-33-18-15-19-34-89)40-63(95)85(10)58(37-44(2)3)67(97)82-64/h23-25,27-29,38,44-47,53-59,64-65H,14-22,26,30-37,39-43H2,1-13H3,(H,80,96)(H,81,93)(H,82,97)/q-1/t46?,47-,53?,54-,55-,56-,57-,58-,59-,64-,65-/m0/s1. The van der Waals surface area contributed by atoms with Crippen molar-refractivity contribution in [3.8, 4) is 0 Å². The number of amides is 11. The third kappa shape index (κ3) is 21.6. The first-order valence-corrected chi connectivity index (χ1v) is 39.5. The van der Waals surface area contributed by atoms with E-state index < -0.39 is 183 Å². The van der Waals surface area contributed by atoms with Crippen molar-refractivity contribution in [3.05, 3.63) is 69.7 Å². The number of aryl methyl sites for hydroxylation is 1. The van der Waals surface area contributed by atoms with Gasteiger partial charge in [0.1, 0.15) is 42.3 Å². The molecule has 0 saturated carbocycles. The molecule has 2 aromatic carbocycles. The van der Waals surface area contributed by atoms with Crippen molar-refractivity contribution in [1.82, 2.24) is 60.0 Å². The van der Waals surface area contributed by atoms with Crippen molar-refractivity contribution in [3.63, 3.8) is 0 Å². The Morgan fingerprint density at radius 1 is 0.650 bits per heavy atom. The van der Waals surface area contributed by atoms with Crippen LogP contribution in [0.1, 0.15) is 158 Å². The molecule has 11 atom stereocenters. The number of ketones is 1. The Hall–Kier alpha value is -6.95. The fourth-order valence-corrected chi connectivity index (χ4v) is 16.1. The molecule has 7 rings (SSSR count). The first-order valence-electron chi connectivity index (χ1n) is 36.4. The number of benzene rings is 2. The Balaban J connectivity index is 1.22. The van der Waals surface area contributed by atoms with Gasteiger partial charge in [-0.05, 0) is 94.0 Å². The van der Waals surface area contributed by atoms with Crippen LogP contribution in [0.2, 0.25) is 5.02 Å². The van der Waals surface area contributed by atoms with Crippen LogP contribution in [-0.4, -0.2) is 262 Å². The molecule has 0 aliphatic carbocycles. The molecule has 11 amide bonds. The summed E-state index contributed by atoms with van der Waals surface area (Å²) in [7, 11) is 8.57. The Bertz CT molecular complexity index is 3390. The summed E-state index contributed by atoms with van der Waals surface area (Å²) in [6.45, 7) is 13.3. The van der Waals surface area contributed by atoms with Gasteiger partial charge in [0, 0.05) is 66.2 Å². The number of Topliss-reactive ketones (excluding diaryl/α,β-unsaturated/α-hetero) is 1. The quantitative estimate of drug-likeness (QED) is 0.181. The molecule has 5 aliphatic rings. The maximum absolute atomic E-state index is 15.0. The van der Waals surface area contributed by atoms with Crippen LogP contribution < -0.4 is 37.2 Å². The van der Waals surface area contributed by atoms with Crippen LogP contribution in [0.5, 0.6) is 0 Å². The fourth-order valence-electron chi connectivity index (χ4n) is 14.2. The van der Waals surface area contributed by atoms with Crippen LogP contribution >= 0.6 is 11.6 Å². The van der Waals surface area contributed by atoms with E-state index in [1.165, 1.54) is 95.6 Å². The SMILES string of the molecule is CCC(C)[C@@H]1NC(=O)[C@H](CC(C)C)N(C)C(=O)C[C@@H](C(=O)CN2CCCCC2)N(C)C(=O)[C@H](C(C)C)N(C)C(=O)CCCCNC(=O)[C@@H]2CCCN2C(=O)[C@H](CCc2ccc(C(F)(F)F)c(C3C[I-]3)c2)NC(=O)CN(C)C(=O)[C@H](Cc2ccc(Cl)cc2)N(C)C(=O)[C@@H]2CCN2C(=O)[C@H](C)N(C)C1=O. The molecule has 5 saturated heterocycles. The number of nitrogens with zero attached hydrogens (tertiary/aromatic N) is 9. The van der Waals surface area contributed by atoms with Gasteiger partial charge in [-0.1, -0.05) is 78.1 Å². The van der Waals surface area contributed by atoms with E-state index in [2.05, 4.69) is 16.0 Å². The summed E-state index contributed by atoms with van der Waals surface area (Å²) in [6, 6.07) is -0.199. The van der Waals surface area contributed by atoms with Gasteiger partial charge in [-0.3, -0.25) is 48.1 Å². The van der Waals surface area contributed by atoms with Crippen LogP contribution in [0.25, 0.3) is 0 Å². The molecule has 29 heteroatoms. The van der Waals surface area contributed by atoms with E-state index >= 15 is 0 Å². The fraction of sp³-hybridized carbons (Fsp3) is 0.676. The van der Waals surface area contributed by atoms with Crippen LogP contribution in [0.3, 0.4) is 0 Å². The minimum atomic E-state index is -4.58. The monoisotopic (exact) mass is 1580 g/mol. The number of rotatable bonds is 14. The third-order valence-corrected chi connectivity index (χ3v) is 23.8. The molecule has 5 fully saturated rings. The van der Waals surface area contributed by atoms with Gasteiger partial charge in [0.25, 0.3) is 0 Å². The number of nitrogens with one attached hydrogen (secondary N) is 3. The molecule has 0 bridgehead atoms. The van der Waals surface area contributed by atoms with E-state index in [0.717, 1.165) is 30.2 Å². The molecule has 0 spiro atoms. The Morgan fingerprint density at radius 2 is 1.30 bits per heavy atom. The summed E-state index contributed by atoms with van der Waals surface area (Å²) in [5.41, 5.74) is 0.581. The summed E-state index contributed by atoms with van der Waals surface area (Å²) in [5.74, 6) is -8.29. The zero-order valence-electron chi connectivity index (χ0n) is 62.1. The smallest absolute Gasteiger partial charge is 0.332 e. The van der Waals surface area contributed by atoms with Crippen LogP contribution in [-0.2, 0) is 76.6 Å². The zero-order chi connectivity index (χ0) is 76.1. The number of piperidine rings is 1. The number of likely N-dealkylation sites (N-methyl/N-ethyl adjacent to an activating group) is 6. The molecular formula is C74H108ClF3IN12O12-. The molecule has 0 aromatic heterocycles. The molecule has 5 heterocycles. The number of alkyl halides is 5. The average Bonchev–Trinajstić information content (AvgIpc) is 1.35. The Morgan fingerprint density at radius 3 is 1.90 bits per heavy atom. The van der Waals surface area contributed by atoms with E-state index in [1.807, 2.05) is 25.7 Å². The molecule has 5 aliphatic heterocycles. The number of halogens is 5. The van der Waals surface area contributed by atoms with Gasteiger partial charge < -0.3 is 34.7 Å². The normalized spacial score (nSPS) is 26.9. The van der Waals surface area contributed by atoms with Crippen LogP contribution in [0.15, 0.2) is 42.5 Å². The second-order valence-electron chi connectivity index (χ2n) is 29.4. The predicted molar refractivity (Wildman–Crippen MR) is 378 cm³/mol. The van der Waals surface area contributed by atoms with Crippen molar-refractivity contribution >= 4 is 82.4 Å². The van der Waals surface area contributed by atoms with Gasteiger partial charge in [0.15, 0.2) is 5.78 Å². The van der Waals surface area contributed by atoms with E-state index in [4.69, 9.17) is 11.6 Å². The Kier molecular flexibility index (Phi) is 30.2. The van der Waals surface area contributed by atoms with E-state index in [0.29, 0.717) is 52.9 Å². The van der Waals surface area contributed by atoms with E-state index in [9.17, 15) is 70.7 Å². The summed E-state index contributed by atoms with van der Waals surface area (Å²) in [5, 5.41) is 9.02. The molecule has 2 aromatic rings. The van der Waals surface area contributed by atoms with Crippen molar-refractivity contribution in [2.75, 3.05) is 92.5 Å². The maximum atomic E-state index is 15.0. The number of carbonyl (C=O) groups is 12. The van der Waals surface area contributed by atoms with E-state index in [1.54, 1.807) is 45.0 Å². The summed E-state index contributed by atoms with van der Waals surface area (Å²) < 4.78 is 43.3. The molecule has 572 valence electrons. The van der Waals surface area contributed by atoms with Gasteiger partial charge in [-0.15, -0.1) is 0 Å². The van der Waals surface area contributed by atoms with Gasteiger partial charge in [-0.25, -0.2) is 0 Å². The molecule has 24 nitrogen and oxygen atoms in total. The number of hydrogen-bond donors (Lipinski definition) is 3. The summed E-state index contributed by atoms with van der Waals surface area (Å²) in [6.07, 6.45) is -0.574. The summed E-state index contributed by atoms with van der Waals surface area (Å²) in [4.78, 5) is 189. The summed E-state index contributed by atoms with van der Waals surface area (Å²) >= 11 is 5.83. The van der Waals surface area contributed by atoms with Gasteiger partial charge in [0.05, 0.1) is 13.0 Å².